The Morgan fingerprint density at radius 2 is 0.301 bits per heavy atom. The Balaban J connectivity index is 0.000000114. The molecule has 0 atom stereocenters. The first-order valence-electron chi connectivity index (χ1n) is 51.1. The topological polar surface area (TPSA) is 0 Å². The number of hydrogen-bond acceptors (Lipinski definition) is 0. The van der Waals surface area contributed by atoms with Crippen molar-refractivity contribution in [2.75, 3.05) is 0 Å². The third kappa shape index (κ3) is 15.1. The molecule has 0 aliphatic heterocycles. The van der Waals surface area contributed by atoms with Gasteiger partial charge in [-0.1, -0.05) is 485 Å². The molecule has 0 heterocycles. The summed E-state index contributed by atoms with van der Waals surface area (Å²) >= 11 is 0. The van der Waals surface area contributed by atoms with Gasteiger partial charge in [0.2, 0.25) is 0 Å². The molecule has 0 saturated heterocycles. The summed E-state index contributed by atoms with van der Waals surface area (Å²) in [4.78, 5) is 0. The Morgan fingerprint density at radius 1 is 0.0959 bits per heavy atom. The van der Waals surface area contributed by atoms with E-state index in [0.29, 0.717) is 0 Å². The molecule has 0 aromatic heterocycles. The van der Waals surface area contributed by atoms with Gasteiger partial charge in [0.05, 0.1) is 0 Å². The summed E-state index contributed by atoms with van der Waals surface area (Å²) in [5, 5.41) is 35.4. The molecular weight excluding hydrogens is 1750 g/mol. The van der Waals surface area contributed by atoms with E-state index in [0.717, 1.165) is 0 Å². The number of benzene rings is 28. The molecule has 28 aromatic carbocycles. The molecule has 686 valence electrons. The van der Waals surface area contributed by atoms with Crippen LogP contribution in [-0.4, -0.2) is 0 Å². The maximum absolute atomic E-state index is 2.50. The van der Waals surface area contributed by atoms with E-state index in [1.807, 2.05) is 0 Å². The van der Waals surface area contributed by atoms with Crippen LogP contribution < -0.4 is 0 Å². The van der Waals surface area contributed by atoms with Crippen molar-refractivity contribution < 1.29 is 0 Å². The summed E-state index contributed by atoms with van der Waals surface area (Å²) in [6.45, 7) is 13.5. The average molecular weight is 1860 g/mol. The van der Waals surface area contributed by atoms with E-state index in [9.17, 15) is 0 Å². The zero-order chi connectivity index (χ0) is 97.7. The fraction of sp³-hybridized carbons (Fsp3) is 0.0411. The van der Waals surface area contributed by atoms with Crippen LogP contribution in [0.25, 0.3) is 273 Å². The first-order chi connectivity index (χ1) is 72.0. The van der Waals surface area contributed by atoms with Crippen LogP contribution in [0.5, 0.6) is 0 Å². The second kappa shape index (κ2) is 36.7. The molecular formula is C146H102. The quantitative estimate of drug-likeness (QED) is 0.113. The minimum atomic E-state index is 1.21. The Labute approximate surface area is 851 Å². The van der Waals surface area contributed by atoms with Crippen molar-refractivity contribution in [3.63, 3.8) is 0 Å². The fourth-order valence-electron chi connectivity index (χ4n) is 24.2. The van der Waals surface area contributed by atoms with Gasteiger partial charge < -0.3 is 0 Å². The number of rotatable bonds is 11. The molecule has 0 nitrogen and oxygen atoms in total. The van der Waals surface area contributed by atoms with Gasteiger partial charge in [-0.15, -0.1) is 0 Å². The zero-order valence-corrected chi connectivity index (χ0v) is 82.5. The van der Waals surface area contributed by atoms with Crippen molar-refractivity contribution in [3.8, 4) is 122 Å². The molecule has 0 radical (unpaired) electrons. The minimum Gasteiger partial charge on any atom is -0.0622 e. The third-order valence-corrected chi connectivity index (χ3v) is 31.6. The van der Waals surface area contributed by atoms with Crippen LogP contribution in [0.15, 0.2) is 510 Å². The summed E-state index contributed by atoms with van der Waals surface area (Å²) in [6.07, 6.45) is 0. The highest BCUT2D eigenvalue weighted by Crippen LogP contribution is 2.55. The predicted molar refractivity (Wildman–Crippen MR) is 633 cm³/mol. The molecule has 0 unspecified atom stereocenters. The second-order valence-electron chi connectivity index (χ2n) is 39.5. The van der Waals surface area contributed by atoms with Crippen molar-refractivity contribution in [2.45, 2.75) is 41.5 Å². The van der Waals surface area contributed by atoms with E-state index in [2.05, 4.69) is 551 Å². The number of aryl methyl sites for hydroxylation is 1. The molecule has 0 fully saturated rings. The van der Waals surface area contributed by atoms with Gasteiger partial charge in [-0.2, -0.15) is 0 Å². The second-order valence-corrected chi connectivity index (χ2v) is 39.5. The summed E-state index contributed by atoms with van der Waals surface area (Å²) in [5.41, 5.74) is 36.0. The lowest BCUT2D eigenvalue weighted by Crippen LogP contribution is -2.00. The van der Waals surface area contributed by atoms with Crippen LogP contribution in [0.3, 0.4) is 0 Å². The van der Waals surface area contributed by atoms with E-state index in [1.54, 1.807) is 0 Å². The lowest BCUT2D eigenvalue weighted by atomic mass is 9.81. The SMILES string of the molecule is Cc1c(C)c(C)c(-c2ccc3c(-c4cccc5ccccc45)c4ccccc4c(-c4cccc5ccccc45)c3c2)c(C)c1C.Cc1ccc(-c2ccc3c(-c4ccc5ccccc5c4)c4ccccc4c(-c4ccc5ccccc5c4)c3c2)cc1.c1ccc(-c2ccc(-c3c4ccccc4c(-c4ccc5c(-c6cccc7ccccc67)c6ccccc6c(-c6cccc7ccccc67)c5c4)c4ccccc34)cc2)cc1. The van der Waals surface area contributed by atoms with Crippen molar-refractivity contribution in [1.82, 2.24) is 0 Å². The lowest BCUT2D eigenvalue weighted by molar-refractivity contribution is 1.18. The Morgan fingerprint density at radius 3 is 0.671 bits per heavy atom. The first kappa shape index (κ1) is 88.0. The van der Waals surface area contributed by atoms with Crippen LogP contribution in [0.2, 0.25) is 0 Å². The van der Waals surface area contributed by atoms with Gasteiger partial charge in [-0.3, -0.25) is 0 Å². The monoisotopic (exact) mass is 1850 g/mol. The summed E-state index contributed by atoms with van der Waals surface area (Å²) < 4.78 is 0. The lowest BCUT2D eigenvalue weighted by Gasteiger charge is -2.22. The van der Waals surface area contributed by atoms with Gasteiger partial charge in [-0.05, 0) is 373 Å². The molecule has 0 heteroatoms. The molecule has 0 amide bonds. The molecule has 0 saturated carbocycles. The summed E-state index contributed by atoms with van der Waals surface area (Å²) in [7, 11) is 0. The predicted octanol–water partition coefficient (Wildman–Crippen LogP) is 41.4. The van der Waals surface area contributed by atoms with Gasteiger partial charge >= 0.3 is 0 Å². The molecule has 0 aliphatic carbocycles. The molecule has 146 heavy (non-hydrogen) atoms. The number of hydrogen-bond donors (Lipinski definition) is 0. The highest BCUT2D eigenvalue weighted by molar-refractivity contribution is 6.30. The number of fused-ring (bicyclic) bond motifs is 14. The maximum Gasteiger partial charge on any atom is -0.00199 e. The highest BCUT2D eigenvalue weighted by atomic mass is 14.3. The van der Waals surface area contributed by atoms with Crippen LogP contribution in [0, 0.1) is 41.5 Å². The van der Waals surface area contributed by atoms with Gasteiger partial charge in [0.15, 0.2) is 0 Å². The zero-order valence-electron chi connectivity index (χ0n) is 82.5. The van der Waals surface area contributed by atoms with Crippen molar-refractivity contribution in [3.05, 3.63) is 543 Å². The third-order valence-electron chi connectivity index (χ3n) is 31.6. The van der Waals surface area contributed by atoms with Crippen LogP contribution in [-0.2, 0) is 0 Å². The Bertz CT molecular complexity index is 10100. The van der Waals surface area contributed by atoms with E-state index < -0.39 is 0 Å². The van der Waals surface area contributed by atoms with Gasteiger partial charge in [0.1, 0.15) is 0 Å². The van der Waals surface area contributed by atoms with Crippen LogP contribution >= 0.6 is 0 Å². The van der Waals surface area contributed by atoms with Crippen molar-refractivity contribution in [2.24, 2.45) is 0 Å². The normalized spacial score (nSPS) is 11.6. The molecule has 0 aliphatic rings. The fourth-order valence-corrected chi connectivity index (χ4v) is 24.2. The molecule has 0 N–H and O–H groups in total. The van der Waals surface area contributed by atoms with Crippen molar-refractivity contribution >= 4 is 151 Å². The molecule has 28 aromatic rings. The Hall–Kier alpha value is -18.2. The minimum absolute atomic E-state index is 1.21. The van der Waals surface area contributed by atoms with Gasteiger partial charge in [0, 0.05) is 0 Å². The van der Waals surface area contributed by atoms with Gasteiger partial charge in [-0.25, -0.2) is 0 Å². The summed E-state index contributed by atoms with van der Waals surface area (Å²) in [5.74, 6) is 0. The highest BCUT2D eigenvalue weighted by Gasteiger charge is 2.28. The molecule has 0 spiro atoms. The smallest absolute Gasteiger partial charge is 0.00199 e. The van der Waals surface area contributed by atoms with Crippen molar-refractivity contribution in [1.29, 1.82) is 0 Å². The van der Waals surface area contributed by atoms with E-state index in [-0.39, 0.29) is 0 Å². The standard InChI is InChI=1S/C60H38.C45H36.C41H28/c1-2-16-39(17-3-1)40-32-34-43(35-33-40)57-49-24-8-10-26-51(49)58(52-27-11-9-25-50(52)57)44-36-37-55-56(38-44)60(48-31-15-21-42-19-5-7-23-46(42)48)54-29-13-12-28-53(54)59(55)47-30-14-20-41-18-4-6-22-45(41)47;1-27-28(2)30(4)43(31(5)29(27)3)34-24-25-41-42(26-34)45(38-23-13-17-33-15-7-9-19-36(33)38)40-21-11-10-20-39(40)44(41)37-22-12-16-32-14-6-8-18-35(32)37;1-27-14-16-30(17-15-27)33-22-23-38-39(26-33)41(35-21-19-29-9-3-5-11-32(29)25-35)37-13-7-6-12-36(37)40(38)34-20-18-28-8-2-4-10-31(28)24-34/h1-38H;6-26H,1-5H3;2-26H,1H3. The van der Waals surface area contributed by atoms with Crippen LogP contribution in [0.1, 0.15) is 33.4 Å². The average Bonchev–Trinajstić information content (AvgIpc) is 0.717. The first-order valence-corrected chi connectivity index (χ1v) is 51.1. The molecule has 28 rings (SSSR count). The summed E-state index contributed by atoms with van der Waals surface area (Å²) in [6, 6.07) is 188. The largest absolute Gasteiger partial charge is 0.0622 e. The molecule has 0 bridgehead atoms. The Kier molecular flexibility index (Phi) is 22.1. The van der Waals surface area contributed by atoms with Crippen LogP contribution in [0.4, 0.5) is 0 Å². The van der Waals surface area contributed by atoms with E-state index in [1.165, 1.54) is 307 Å². The van der Waals surface area contributed by atoms with Gasteiger partial charge in [0.25, 0.3) is 0 Å². The van der Waals surface area contributed by atoms with E-state index >= 15 is 0 Å². The van der Waals surface area contributed by atoms with E-state index in [4.69, 9.17) is 0 Å². The maximum atomic E-state index is 2.50.